The van der Waals surface area contributed by atoms with Crippen LogP contribution in [0.2, 0.25) is 0 Å². The summed E-state index contributed by atoms with van der Waals surface area (Å²) in [5, 5.41) is 3.19. The first kappa shape index (κ1) is 15.6. The van der Waals surface area contributed by atoms with Crippen molar-refractivity contribution >= 4 is 5.91 Å². The highest BCUT2D eigenvalue weighted by Crippen LogP contribution is 2.24. The quantitative estimate of drug-likeness (QED) is 0.619. The van der Waals surface area contributed by atoms with Gasteiger partial charge in [0.15, 0.2) is 11.6 Å². The molecule has 0 radical (unpaired) electrons. The van der Waals surface area contributed by atoms with Crippen molar-refractivity contribution in [1.82, 2.24) is 10.2 Å². The molecule has 1 aromatic rings. The van der Waals surface area contributed by atoms with E-state index in [0.29, 0.717) is 6.42 Å². The number of rotatable bonds is 7. The van der Waals surface area contributed by atoms with Crippen LogP contribution in [0, 0.1) is 11.6 Å². The third-order valence-corrected chi connectivity index (χ3v) is 3.77. The van der Waals surface area contributed by atoms with Crippen molar-refractivity contribution in [2.75, 3.05) is 13.1 Å². The van der Waals surface area contributed by atoms with Crippen LogP contribution < -0.4 is 5.32 Å². The molecular formula is C16H20F2N2O. The van der Waals surface area contributed by atoms with Crippen molar-refractivity contribution < 1.29 is 13.6 Å². The highest BCUT2D eigenvalue weighted by Gasteiger charge is 2.31. The van der Waals surface area contributed by atoms with Crippen LogP contribution in [-0.4, -0.2) is 29.9 Å². The van der Waals surface area contributed by atoms with Gasteiger partial charge in [-0.05, 0) is 25.5 Å². The van der Waals surface area contributed by atoms with Gasteiger partial charge in [-0.25, -0.2) is 8.78 Å². The normalized spacial score (nSPS) is 18.3. The van der Waals surface area contributed by atoms with E-state index in [9.17, 15) is 13.6 Å². The summed E-state index contributed by atoms with van der Waals surface area (Å²) in [4.78, 5) is 13.6. The molecule has 1 aromatic carbocycles. The molecule has 0 aliphatic carbocycles. The molecule has 114 valence electrons. The number of hydrogen-bond acceptors (Lipinski definition) is 2. The molecule has 2 rings (SSSR count). The summed E-state index contributed by atoms with van der Waals surface area (Å²) in [7, 11) is 0. The van der Waals surface area contributed by atoms with Crippen LogP contribution in [0.4, 0.5) is 8.78 Å². The lowest BCUT2D eigenvalue weighted by atomic mass is 10.1. The van der Waals surface area contributed by atoms with Crippen molar-refractivity contribution in [3.05, 3.63) is 48.1 Å². The molecule has 0 aromatic heterocycles. The molecule has 0 bridgehead atoms. The Bertz CT molecular complexity index is 519. The van der Waals surface area contributed by atoms with Crippen molar-refractivity contribution in [1.29, 1.82) is 0 Å². The van der Waals surface area contributed by atoms with Crippen LogP contribution >= 0.6 is 0 Å². The average Bonchev–Trinajstić information content (AvgIpc) is 2.81. The Morgan fingerprint density at radius 3 is 3.00 bits per heavy atom. The SMILES string of the molecule is C=CCNCC[C@H]1CCC(=O)N1Cc1cccc(F)c1F. The summed E-state index contributed by atoms with van der Waals surface area (Å²) >= 11 is 0. The summed E-state index contributed by atoms with van der Waals surface area (Å²) < 4.78 is 27.0. The molecule has 3 nitrogen and oxygen atoms in total. The summed E-state index contributed by atoms with van der Waals surface area (Å²) in [6.45, 7) is 5.25. The zero-order valence-electron chi connectivity index (χ0n) is 11.9. The standard InChI is InChI=1S/C16H20F2N2O/c1-2-9-19-10-8-13-6-7-15(21)20(13)11-12-4-3-5-14(17)16(12)18/h2-5,13,19H,1,6-11H2/t13-/m1/s1. The van der Waals surface area contributed by atoms with Gasteiger partial charge in [-0.15, -0.1) is 6.58 Å². The van der Waals surface area contributed by atoms with E-state index in [4.69, 9.17) is 0 Å². The lowest BCUT2D eigenvalue weighted by Crippen LogP contribution is -2.35. The minimum Gasteiger partial charge on any atom is -0.335 e. The van der Waals surface area contributed by atoms with Crippen molar-refractivity contribution in [3.63, 3.8) is 0 Å². The predicted octanol–water partition coefficient (Wildman–Crippen LogP) is 2.62. The monoisotopic (exact) mass is 294 g/mol. The van der Waals surface area contributed by atoms with Crippen LogP contribution in [0.3, 0.4) is 0 Å². The molecule has 5 heteroatoms. The molecule has 1 N–H and O–H groups in total. The van der Waals surface area contributed by atoms with E-state index in [-0.39, 0.29) is 24.1 Å². The van der Waals surface area contributed by atoms with E-state index in [0.717, 1.165) is 32.0 Å². The van der Waals surface area contributed by atoms with Gasteiger partial charge in [0, 0.05) is 31.1 Å². The van der Waals surface area contributed by atoms with E-state index in [2.05, 4.69) is 11.9 Å². The Hall–Kier alpha value is -1.75. The second-order valence-electron chi connectivity index (χ2n) is 5.21. The van der Waals surface area contributed by atoms with Crippen LogP contribution in [0.25, 0.3) is 0 Å². The van der Waals surface area contributed by atoms with Crippen molar-refractivity contribution in [2.45, 2.75) is 31.8 Å². The number of nitrogens with one attached hydrogen (secondary N) is 1. The summed E-state index contributed by atoms with van der Waals surface area (Å²) in [6, 6.07) is 4.16. The maximum absolute atomic E-state index is 13.7. The molecule has 1 atom stereocenters. The van der Waals surface area contributed by atoms with Gasteiger partial charge in [-0.1, -0.05) is 18.2 Å². The number of hydrogen-bond donors (Lipinski definition) is 1. The molecule has 1 aliphatic heterocycles. The van der Waals surface area contributed by atoms with E-state index in [1.807, 2.05) is 0 Å². The number of nitrogens with zero attached hydrogens (tertiary/aromatic N) is 1. The lowest BCUT2D eigenvalue weighted by molar-refractivity contribution is -0.129. The zero-order chi connectivity index (χ0) is 15.2. The van der Waals surface area contributed by atoms with Crippen LogP contribution in [0.1, 0.15) is 24.8 Å². The largest absolute Gasteiger partial charge is 0.335 e. The van der Waals surface area contributed by atoms with Gasteiger partial charge in [0.2, 0.25) is 5.91 Å². The van der Waals surface area contributed by atoms with Gasteiger partial charge in [-0.2, -0.15) is 0 Å². The maximum atomic E-state index is 13.7. The molecule has 1 fully saturated rings. The molecule has 1 amide bonds. The van der Waals surface area contributed by atoms with E-state index in [1.165, 1.54) is 12.1 Å². The van der Waals surface area contributed by atoms with Crippen LogP contribution in [0.15, 0.2) is 30.9 Å². The van der Waals surface area contributed by atoms with Gasteiger partial charge in [0.25, 0.3) is 0 Å². The first-order valence-corrected chi connectivity index (χ1v) is 7.17. The van der Waals surface area contributed by atoms with Gasteiger partial charge < -0.3 is 10.2 Å². The number of halogens is 2. The number of benzene rings is 1. The Labute approximate surface area is 123 Å². The molecule has 21 heavy (non-hydrogen) atoms. The van der Waals surface area contributed by atoms with Crippen LogP contribution in [0.5, 0.6) is 0 Å². The first-order chi connectivity index (χ1) is 10.1. The minimum absolute atomic E-state index is 0.00684. The third kappa shape index (κ3) is 3.88. The van der Waals surface area contributed by atoms with Gasteiger partial charge in [0.05, 0.1) is 0 Å². The molecular weight excluding hydrogens is 274 g/mol. The predicted molar refractivity (Wildman–Crippen MR) is 77.6 cm³/mol. The summed E-state index contributed by atoms with van der Waals surface area (Å²) in [6.07, 6.45) is 3.82. The Balaban J connectivity index is 2.00. The van der Waals surface area contributed by atoms with Crippen molar-refractivity contribution in [2.24, 2.45) is 0 Å². The van der Waals surface area contributed by atoms with E-state index < -0.39 is 11.6 Å². The second kappa shape index (κ2) is 7.31. The van der Waals surface area contributed by atoms with E-state index in [1.54, 1.807) is 11.0 Å². The Morgan fingerprint density at radius 1 is 1.43 bits per heavy atom. The number of carbonyl (C=O) groups excluding carboxylic acids is 1. The molecule has 1 aliphatic rings. The third-order valence-electron chi connectivity index (χ3n) is 3.77. The van der Waals surface area contributed by atoms with Gasteiger partial charge >= 0.3 is 0 Å². The number of amides is 1. The lowest BCUT2D eigenvalue weighted by Gasteiger charge is -2.25. The fourth-order valence-corrected chi connectivity index (χ4v) is 2.64. The van der Waals surface area contributed by atoms with Gasteiger partial charge in [0.1, 0.15) is 0 Å². The minimum atomic E-state index is -0.872. The highest BCUT2D eigenvalue weighted by atomic mass is 19.2. The second-order valence-corrected chi connectivity index (χ2v) is 5.21. The Kier molecular flexibility index (Phi) is 5.44. The first-order valence-electron chi connectivity index (χ1n) is 7.17. The fourth-order valence-electron chi connectivity index (χ4n) is 2.64. The topological polar surface area (TPSA) is 32.3 Å². The number of likely N-dealkylation sites (tertiary alicyclic amines) is 1. The molecule has 0 saturated carbocycles. The zero-order valence-corrected chi connectivity index (χ0v) is 11.9. The smallest absolute Gasteiger partial charge is 0.223 e. The molecule has 0 unspecified atom stereocenters. The Morgan fingerprint density at radius 2 is 2.24 bits per heavy atom. The highest BCUT2D eigenvalue weighted by molar-refractivity contribution is 5.78. The average molecular weight is 294 g/mol. The molecule has 1 saturated heterocycles. The summed E-state index contributed by atoms with van der Waals surface area (Å²) in [5.41, 5.74) is 0.231. The molecule has 1 heterocycles. The maximum Gasteiger partial charge on any atom is 0.223 e. The van der Waals surface area contributed by atoms with E-state index >= 15 is 0 Å². The summed E-state index contributed by atoms with van der Waals surface area (Å²) in [5.74, 6) is -1.73. The van der Waals surface area contributed by atoms with Crippen LogP contribution in [-0.2, 0) is 11.3 Å². The fraction of sp³-hybridized carbons (Fsp3) is 0.438. The van der Waals surface area contributed by atoms with Crippen molar-refractivity contribution in [3.8, 4) is 0 Å². The molecule has 0 spiro atoms. The number of carbonyl (C=O) groups is 1. The van der Waals surface area contributed by atoms with Gasteiger partial charge in [-0.3, -0.25) is 4.79 Å².